The van der Waals surface area contributed by atoms with Crippen molar-refractivity contribution in [1.82, 2.24) is 5.32 Å². The van der Waals surface area contributed by atoms with Gasteiger partial charge in [-0.15, -0.1) is 12.4 Å². The summed E-state index contributed by atoms with van der Waals surface area (Å²) in [5.74, 6) is 0.206. The van der Waals surface area contributed by atoms with Gasteiger partial charge in [-0.3, -0.25) is 4.79 Å². The molecule has 0 unspecified atom stereocenters. The fourth-order valence-corrected chi connectivity index (χ4v) is 1.38. The number of carbonyl (C=O) groups excluding carboxylic acids is 1. The van der Waals surface area contributed by atoms with Gasteiger partial charge in [-0.2, -0.15) is 0 Å². The molecule has 0 spiro atoms. The summed E-state index contributed by atoms with van der Waals surface area (Å²) < 4.78 is 4.68. The van der Waals surface area contributed by atoms with Gasteiger partial charge >= 0.3 is 0 Å². The molecule has 0 saturated heterocycles. The van der Waals surface area contributed by atoms with Crippen LogP contribution in [0, 0.1) is 0 Å². The van der Waals surface area contributed by atoms with E-state index in [-0.39, 0.29) is 24.8 Å². The Hall–Kier alpha value is -1.62. The summed E-state index contributed by atoms with van der Waals surface area (Å²) in [5.41, 5.74) is 1.87. The van der Waals surface area contributed by atoms with Gasteiger partial charge in [0.15, 0.2) is 12.0 Å². The van der Waals surface area contributed by atoms with Crippen molar-refractivity contribution < 1.29 is 14.3 Å². The average molecular weight is 284 g/mol. The molecule has 0 amide bonds. The van der Waals surface area contributed by atoms with Gasteiger partial charge in [0.1, 0.15) is 0 Å². The molecule has 0 aliphatic carbocycles. The fourth-order valence-electron chi connectivity index (χ4n) is 1.38. The number of hydrogen-bond acceptors (Lipinski definition) is 4. The first kappa shape index (κ1) is 17.4. The summed E-state index contributed by atoms with van der Waals surface area (Å²) in [6.45, 7) is 0.811. The minimum atomic E-state index is -0.148. The standard InChI is InChI=1S/C8H11N.C6H6O3.ClH/c1-9-7-8-5-3-2-4-6-8;7-3-5-1-2-9-6(5)4-8;/h2-6,9H,7H2,1H3;1-2,4,7H,3H2;1H. The lowest BCUT2D eigenvalue weighted by Crippen LogP contribution is -2.04. The average Bonchev–Trinajstić information content (AvgIpc) is 2.88. The molecular formula is C14H18ClNO3. The van der Waals surface area contributed by atoms with Crippen molar-refractivity contribution in [2.24, 2.45) is 0 Å². The molecule has 4 nitrogen and oxygen atoms in total. The predicted molar refractivity (Wildman–Crippen MR) is 76.5 cm³/mol. The number of benzene rings is 1. The van der Waals surface area contributed by atoms with Gasteiger partial charge in [-0.25, -0.2) is 0 Å². The number of nitrogens with one attached hydrogen (secondary N) is 1. The molecule has 2 rings (SSSR count). The number of halogens is 1. The second-order valence-corrected chi connectivity index (χ2v) is 3.60. The number of aliphatic hydroxyl groups excluding tert-OH is 1. The lowest BCUT2D eigenvalue weighted by Gasteiger charge is -1.95. The zero-order chi connectivity index (χ0) is 13.2. The summed E-state index contributed by atoms with van der Waals surface area (Å²) in [6.07, 6.45) is 1.95. The van der Waals surface area contributed by atoms with E-state index in [1.165, 1.54) is 11.8 Å². The zero-order valence-corrected chi connectivity index (χ0v) is 11.5. The number of carbonyl (C=O) groups is 1. The van der Waals surface area contributed by atoms with Gasteiger partial charge in [-0.1, -0.05) is 30.3 Å². The largest absolute Gasteiger partial charge is 0.461 e. The van der Waals surface area contributed by atoms with Crippen LogP contribution in [-0.2, 0) is 13.2 Å². The second kappa shape index (κ2) is 10.3. The molecule has 19 heavy (non-hydrogen) atoms. The minimum absolute atomic E-state index is 0. The maximum Gasteiger partial charge on any atom is 0.185 e. The van der Waals surface area contributed by atoms with Crippen LogP contribution >= 0.6 is 12.4 Å². The molecule has 104 valence electrons. The molecular weight excluding hydrogens is 266 g/mol. The fraction of sp³-hybridized carbons (Fsp3) is 0.214. The number of furan rings is 1. The summed E-state index contributed by atoms with van der Waals surface area (Å²) >= 11 is 0. The highest BCUT2D eigenvalue weighted by atomic mass is 35.5. The minimum Gasteiger partial charge on any atom is -0.461 e. The molecule has 2 aromatic rings. The maximum atomic E-state index is 10.0. The van der Waals surface area contributed by atoms with Crippen molar-refractivity contribution in [1.29, 1.82) is 0 Å². The van der Waals surface area contributed by atoms with Crippen molar-refractivity contribution in [3.05, 3.63) is 59.5 Å². The van der Waals surface area contributed by atoms with Gasteiger partial charge in [-0.05, 0) is 18.7 Å². The monoisotopic (exact) mass is 283 g/mol. The molecule has 0 saturated carbocycles. The molecule has 0 bridgehead atoms. The van der Waals surface area contributed by atoms with Gasteiger partial charge in [0.25, 0.3) is 0 Å². The van der Waals surface area contributed by atoms with Crippen LogP contribution in [0.3, 0.4) is 0 Å². The Morgan fingerprint density at radius 2 is 1.95 bits per heavy atom. The Morgan fingerprint density at radius 3 is 2.42 bits per heavy atom. The smallest absolute Gasteiger partial charge is 0.185 e. The highest BCUT2D eigenvalue weighted by Crippen LogP contribution is 2.06. The van der Waals surface area contributed by atoms with Crippen LogP contribution in [0.2, 0.25) is 0 Å². The van der Waals surface area contributed by atoms with E-state index in [9.17, 15) is 4.79 Å². The number of aliphatic hydroxyl groups is 1. The van der Waals surface area contributed by atoms with Crippen LogP contribution in [0.25, 0.3) is 0 Å². The Bertz CT molecular complexity index is 457. The molecule has 0 radical (unpaired) electrons. The van der Waals surface area contributed by atoms with Crippen molar-refractivity contribution >= 4 is 18.7 Å². The lowest BCUT2D eigenvalue weighted by molar-refractivity contribution is 0.109. The Kier molecular flexibility index (Phi) is 9.44. The predicted octanol–water partition coefficient (Wildman–Crippen LogP) is 2.41. The first-order chi connectivity index (χ1) is 8.81. The highest BCUT2D eigenvalue weighted by Gasteiger charge is 2.00. The summed E-state index contributed by atoms with van der Waals surface area (Å²) in [6, 6.07) is 11.9. The van der Waals surface area contributed by atoms with Crippen molar-refractivity contribution in [2.75, 3.05) is 7.05 Å². The Labute approximate surface area is 118 Å². The van der Waals surface area contributed by atoms with Gasteiger partial charge < -0.3 is 14.8 Å². The van der Waals surface area contributed by atoms with Crippen LogP contribution < -0.4 is 5.32 Å². The lowest BCUT2D eigenvalue weighted by atomic mass is 10.2. The third-order valence-electron chi connectivity index (χ3n) is 2.28. The second-order valence-electron chi connectivity index (χ2n) is 3.60. The van der Waals surface area contributed by atoms with Crippen molar-refractivity contribution in [3.8, 4) is 0 Å². The van der Waals surface area contributed by atoms with E-state index in [1.54, 1.807) is 6.07 Å². The third-order valence-corrected chi connectivity index (χ3v) is 2.28. The summed E-state index contributed by atoms with van der Waals surface area (Å²) in [4.78, 5) is 10.0. The number of aldehydes is 1. The first-order valence-corrected chi connectivity index (χ1v) is 5.62. The Morgan fingerprint density at radius 1 is 1.26 bits per heavy atom. The van der Waals surface area contributed by atoms with Gasteiger partial charge in [0.2, 0.25) is 0 Å². The van der Waals surface area contributed by atoms with Crippen LogP contribution in [0.4, 0.5) is 0 Å². The molecule has 1 aromatic heterocycles. The zero-order valence-electron chi connectivity index (χ0n) is 10.7. The number of rotatable bonds is 4. The molecule has 0 aliphatic heterocycles. The molecule has 1 aromatic carbocycles. The van der Waals surface area contributed by atoms with E-state index in [4.69, 9.17) is 5.11 Å². The van der Waals surface area contributed by atoms with Gasteiger partial charge in [0.05, 0.1) is 12.9 Å². The van der Waals surface area contributed by atoms with E-state index >= 15 is 0 Å². The molecule has 0 aliphatic rings. The third kappa shape index (κ3) is 6.20. The van der Waals surface area contributed by atoms with Crippen LogP contribution in [-0.4, -0.2) is 18.4 Å². The summed E-state index contributed by atoms with van der Waals surface area (Å²) in [5, 5.41) is 11.6. The Balaban J connectivity index is 0.000000324. The molecule has 2 N–H and O–H groups in total. The first-order valence-electron chi connectivity index (χ1n) is 5.62. The number of hydrogen-bond donors (Lipinski definition) is 2. The topological polar surface area (TPSA) is 62.5 Å². The van der Waals surface area contributed by atoms with Gasteiger partial charge in [0, 0.05) is 12.1 Å². The maximum absolute atomic E-state index is 10.0. The van der Waals surface area contributed by atoms with E-state index in [1.807, 2.05) is 25.2 Å². The van der Waals surface area contributed by atoms with Crippen molar-refractivity contribution in [2.45, 2.75) is 13.2 Å². The highest BCUT2D eigenvalue weighted by molar-refractivity contribution is 5.85. The van der Waals surface area contributed by atoms with E-state index < -0.39 is 0 Å². The molecule has 0 fully saturated rings. The van der Waals surface area contributed by atoms with Crippen LogP contribution in [0.5, 0.6) is 0 Å². The van der Waals surface area contributed by atoms with E-state index in [0.29, 0.717) is 11.8 Å². The SMILES string of the molecule is CNCc1ccccc1.Cl.O=Cc1occc1CO. The summed E-state index contributed by atoms with van der Waals surface area (Å²) in [7, 11) is 1.95. The molecule has 5 heteroatoms. The van der Waals surface area contributed by atoms with Crippen LogP contribution in [0.15, 0.2) is 47.1 Å². The van der Waals surface area contributed by atoms with Crippen molar-refractivity contribution in [3.63, 3.8) is 0 Å². The normalized spacial score (nSPS) is 8.95. The quantitative estimate of drug-likeness (QED) is 0.846. The molecule has 0 atom stereocenters. The molecule has 1 heterocycles. The van der Waals surface area contributed by atoms with E-state index in [0.717, 1.165) is 6.54 Å². The van der Waals surface area contributed by atoms with E-state index in [2.05, 4.69) is 21.9 Å². The van der Waals surface area contributed by atoms with Crippen LogP contribution in [0.1, 0.15) is 21.7 Å².